The maximum absolute atomic E-state index is 12.9. The maximum Gasteiger partial charge on any atom is 0.408 e. The van der Waals surface area contributed by atoms with Crippen molar-refractivity contribution in [2.45, 2.75) is 58.3 Å². The van der Waals surface area contributed by atoms with Crippen LogP contribution in [0.25, 0.3) is 0 Å². The van der Waals surface area contributed by atoms with Crippen LogP contribution in [-0.2, 0) is 43.3 Å². The number of ether oxygens (including phenoxy) is 2. The molecule has 3 N–H and O–H groups in total. The first kappa shape index (κ1) is 28.4. The molecule has 0 aliphatic heterocycles. The number of carbonyl (C=O) groups excluding carboxylic acids is 3. The predicted octanol–water partition coefficient (Wildman–Crippen LogP) is 3.41. The van der Waals surface area contributed by atoms with Gasteiger partial charge in [-0.1, -0.05) is 54.6 Å². The lowest BCUT2D eigenvalue weighted by molar-refractivity contribution is -0.149. The van der Waals surface area contributed by atoms with Crippen molar-refractivity contribution in [2.24, 2.45) is 5.92 Å². The Balaban J connectivity index is 2.11. The first-order valence-corrected chi connectivity index (χ1v) is 11.5. The van der Waals surface area contributed by atoms with E-state index in [4.69, 9.17) is 9.47 Å². The van der Waals surface area contributed by atoms with E-state index in [0.29, 0.717) is 5.56 Å². The van der Waals surface area contributed by atoms with Crippen LogP contribution in [0.3, 0.4) is 0 Å². The molecule has 0 bridgehead atoms. The van der Waals surface area contributed by atoms with Gasteiger partial charge in [0.1, 0.15) is 18.2 Å². The van der Waals surface area contributed by atoms with Crippen LogP contribution in [-0.4, -0.2) is 40.7 Å². The van der Waals surface area contributed by atoms with Crippen molar-refractivity contribution >= 4 is 23.9 Å². The topological polar surface area (TPSA) is 131 Å². The minimum absolute atomic E-state index is 0.0937. The summed E-state index contributed by atoms with van der Waals surface area (Å²) in [6.45, 7) is 4.95. The van der Waals surface area contributed by atoms with Crippen LogP contribution in [0.1, 0.15) is 43.9 Å². The third-order valence-corrected chi connectivity index (χ3v) is 5.14. The van der Waals surface area contributed by atoms with Crippen molar-refractivity contribution in [1.29, 1.82) is 0 Å². The Morgan fingerprint density at radius 3 is 2.11 bits per heavy atom. The lowest BCUT2D eigenvalue weighted by Gasteiger charge is -2.24. The summed E-state index contributed by atoms with van der Waals surface area (Å²) in [5, 5.41) is 14.5. The monoisotopic (exact) mass is 497 g/mol. The highest BCUT2D eigenvalue weighted by Crippen LogP contribution is 2.17. The van der Waals surface area contributed by atoms with Gasteiger partial charge in [-0.25, -0.2) is 9.59 Å². The average Bonchev–Trinajstić information content (AvgIpc) is 2.81. The Kier molecular flexibility index (Phi) is 10.5. The molecule has 0 aromatic heterocycles. The molecule has 2 aromatic rings. The predicted molar refractivity (Wildman–Crippen MR) is 132 cm³/mol. The van der Waals surface area contributed by atoms with E-state index in [2.05, 4.69) is 17.7 Å². The number of aliphatic carboxylic acids is 1. The van der Waals surface area contributed by atoms with Gasteiger partial charge in [-0.15, -0.1) is 0 Å². The molecule has 0 aliphatic carbocycles. The molecule has 2 atom stereocenters. The van der Waals surface area contributed by atoms with Crippen LogP contribution in [0.2, 0.25) is 0 Å². The maximum atomic E-state index is 12.9. The van der Waals surface area contributed by atoms with E-state index in [0.717, 1.165) is 11.1 Å². The summed E-state index contributed by atoms with van der Waals surface area (Å²) in [7, 11) is 3.33. The van der Waals surface area contributed by atoms with Crippen molar-refractivity contribution in [1.82, 2.24) is 10.6 Å². The van der Waals surface area contributed by atoms with E-state index in [1.165, 1.54) is 0 Å². The van der Waals surface area contributed by atoms with Gasteiger partial charge in [-0.3, -0.25) is 9.59 Å². The molecule has 2 amide bonds. The number of carboxylic acid groups (broad SMARTS) is 1. The minimum atomic E-state index is -1.23. The number of nitrogens with one attached hydrogen (secondary N) is 2. The molecular formula is C27H33N2O7. The summed E-state index contributed by atoms with van der Waals surface area (Å²) in [5.74, 6) is -3.04. The fourth-order valence-electron chi connectivity index (χ4n) is 3.37. The molecule has 1 radical (unpaired) electrons. The van der Waals surface area contributed by atoms with Gasteiger partial charge in [0, 0.05) is 7.05 Å². The van der Waals surface area contributed by atoms with E-state index in [1.807, 2.05) is 6.07 Å². The first-order valence-electron chi connectivity index (χ1n) is 11.5. The van der Waals surface area contributed by atoms with Gasteiger partial charge >= 0.3 is 18.0 Å². The number of rotatable bonds is 11. The quantitative estimate of drug-likeness (QED) is 0.406. The molecule has 193 valence electrons. The minimum Gasteiger partial charge on any atom is -0.481 e. The summed E-state index contributed by atoms with van der Waals surface area (Å²) in [6, 6.07) is 14.7. The van der Waals surface area contributed by atoms with Crippen LogP contribution >= 0.6 is 0 Å². The Labute approximate surface area is 211 Å². The summed E-state index contributed by atoms with van der Waals surface area (Å²) >= 11 is 0. The van der Waals surface area contributed by atoms with Crippen molar-refractivity contribution in [3.63, 3.8) is 0 Å². The molecule has 0 spiro atoms. The third-order valence-electron chi connectivity index (χ3n) is 5.14. The molecule has 36 heavy (non-hydrogen) atoms. The highest BCUT2D eigenvalue weighted by Gasteiger charge is 2.31. The van der Waals surface area contributed by atoms with Crippen LogP contribution in [0.15, 0.2) is 54.6 Å². The fraction of sp³-hybridized carbons (Fsp3) is 0.370. The van der Waals surface area contributed by atoms with Crippen LogP contribution in [0.4, 0.5) is 4.79 Å². The number of hydrogen-bond donors (Lipinski definition) is 3. The van der Waals surface area contributed by atoms with Crippen molar-refractivity contribution in [2.75, 3.05) is 0 Å². The normalized spacial score (nSPS) is 12.7. The second-order valence-corrected chi connectivity index (χ2v) is 9.36. The van der Waals surface area contributed by atoms with E-state index in [9.17, 15) is 24.3 Å². The SMILES string of the molecule is [CH2]NC(=O)Cc1ccc(COC(=O)[C@H](CC(Cc2ccccc2)C(=O)O)NC(=O)OC(C)(C)C)cc1. The lowest BCUT2D eigenvalue weighted by Crippen LogP contribution is -2.46. The number of amides is 2. The summed E-state index contributed by atoms with van der Waals surface area (Å²) in [6.07, 6.45) is -0.676. The van der Waals surface area contributed by atoms with E-state index >= 15 is 0 Å². The zero-order valence-electron chi connectivity index (χ0n) is 20.8. The summed E-state index contributed by atoms with van der Waals surface area (Å²) in [5.41, 5.74) is 1.42. The molecule has 0 heterocycles. The number of benzene rings is 2. The van der Waals surface area contributed by atoms with Gasteiger partial charge in [0.15, 0.2) is 0 Å². The van der Waals surface area contributed by atoms with Crippen LogP contribution in [0.5, 0.6) is 0 Å². The molecule has 2 rings (SSSR count). The standard InChI is InChI=1S/C27H33N2O7/c1-27(2,3)36-26(34)29-22(16-21(24(31)32)14-18-8-6-5-7-9-18)25(33)35-17-20-12-10-19(11-13-20)15-23(30)28-4/h5-13,21-22H,4,14-17H2,1-3H3,(H,28,30)(H,29,34)(H,31,32)/t21?,22-/m0/s1. The molecule has 0 fully saturated rings. The molecule has 1 unspecified atom stereocenters. The first-order chi connectivity index (χ1) is 17.0. The molecule has 9 nitrogen and oxygen atoms in total. The largest absolute Gasteiger partial charge is 0.481 e. The Morgan fingerprint density at radius 2 is 1.56 bits per heavy atom. The lowest BCUT2D eigenvalue weighted by atomic mass is 9.92. The molecule has 0 saturated carbocycles. The summed E-state index contributed by atoms with van der Waals surface area (Å²) in [4.78, 5) is 48.7. The fourth-order valence-corrected chi connectivity index (χ4v) is 3.37. The molecule has 2 aromatic carbocycles. The smallest absolute Gasteiger partial charge is 0.408 e. The van der Waals surface area contributed by atoms with Gasteiger partial charge in [0.05, 0.1) is 12.3 Å². The van der Waals surface area contributed by atoms with Crippen LogP contribution in [0, 0.1) is 13.0 Å². The molecule has 0 saturated heterocycles. The number of hydrogen-bond acceptors (Lipinski definition) is 6. The second kappa shape index (κ2) is 13.3. The Hall–Kier alpha value is -3.88. The van der Waals surface area contributed by atoms with Crippen LogP contribution < -0.4 is 10.6 Å². The third kappa shape index (κ3) is 10.2. The van der Waals surface area contributed by atoms with Gasteiger partial charge < -0.3 is 25.2 Å². The zero-order chi connectivity index (χ0) is 26.7. The van der Waals surface area contributed by atoms with Gasteiger partial charge in [-0.05, 0) is 50.3 Å². The number of carboxylic acids is 1. The van der Waals surface area contributed by atoms with Crippen molar-refractivity contribution in [3.8, 4) is 0 Å². The number of esters is 1. The summed E-state index contributed by atoms with van der Waals surface area (Å²) < 4.78 is 10.7. The number of alkyl carbamates (subject to hydrolysis) is 1. The van der Waals surface area contributed by atoms with E-state index in [-0.39, 0.29) is 31.8 Å². The van der Waals surface area contributed by atoms with Gasteiger partial charge in [0.2, 0.25) is 5.91 Å². The highest BCUT2D eigenvalue weighted by atomic mass is 16.6. The zero-order valence-corrected chi connectivity index (χ0v) is 20.8. The van der Waals surface area contributed by atoms with Gasteiger partial charge in [0.25, 0.3) is 0 Å². The van der Waals surface area contributed by atoms with E-state index in [1.54, 1.807) is 69.3 Å². The van der Waals surface area contributed by atoms with Crippen molar-refractivity contribution < 1.29 is 33.8 Å². The Morgan fingerprint density at radius 1 is 0.944 bits per heavy atom. The van der Waals surface area contributed by atoms with E-state index < -0.39 is 35.6 Å². The molecule has 9 heteroatoms. The second-order valence-electron chi connectivity index (χ2n) is 9.36. The molecular weight excluding hydrogens is 464 g/mol. The van der Waals surface area contributed by atoms with Gasteiger partial charge in [-0.2, -0.15) is 0 Å². The highest BCUT2D eigenvalue weighted by molar-refractivity contribution is 5.82. The van der Waals surface area contributed by atoms with Crippen molar-refractivity contribution in [3.05, 3.63) is 78.3 Å². The number of carbonyl (C=O) groups is 4. The molecule has 0 aliphatic rings. The average molecular weight is 498 g/mol. The Bertz CT molecular complexity index is 1030.